The van der Waals surface area contributed by atoms with Gasteiger partial charge < -0.3 is 24.7 Å². The van der Waals surface area contributed by atoms with Gasteiger partial charge in [0.05, 0.1) is 7.11 Å². The first-order chi connectivity index (χ1) is 11.0. The molecule has 0 amide bonds. The lowest BCUT2D eigenvalue weighted by Gasteiger charge is -2.18. The molecule has 1 unspecified atom stereocenters. The summed E-state index contributed by atoms with van der Waals surface area (Å²) in [6.07, 6.45) is 1.63. The maximum Gasteiger partial charge on any atom is 0.126 e. The number of carbonyl (C=O) groups is 1. The summed E-state index contributed by atoms with van der Waals surface area (Å²) in [7, 11) is 1.61. The molecule has 0 fully saturated rings. The van der Waals surface area contributed by atoms with E-state index in [1.807, 2.05) is 39.0 Å². The van der Waals surface area contributed by atoms with Crippen molar-refractivity contribution < 1.29 is 19.4 Å². The second-order valence-corrected chi connectivity index (χ2v) is 6.21. The van der Waals surface area contributed by atoms with Crippen molar-refractivity contribution in [3.05, 3.63) is 23.8 Å². The van der Waals surface area contributed by atoms with Gasteiger partial charge in [0.2, 0.25) is 0 Å². The minimum Gasteiger partial charge on any atom is -0.497 e. The topological polar surface area (TPSA) is 67.8 Å². The van der Waals surface area contributed by atoms with Crippen molar-refractivity contribution in [1.82, 2.24) is 5.32 Å². The quantitative estimate of drug-likeness (QED) is 0.594. The van der Waals surface area contributed by atoms with Crippen molar-refractivity contribution in [1.29, 1.82) is 0 Å². The third-order valence-electron chi connectivity index (χ3n) is 3.53. The molecular weight excluding hydrogens is 330 g/mol. The third-order valence-corrected chi connectivity index (χ3v) is 3.53. The number of aliphatic hydroxyl groups is 1. The first kappa shape index (κ1) is 22.7. The molecule has 0 aliphatic heterocycles. The normalized spacial score (nSPS) is 13.1. The van der Waals surface area contributed by atoms with E-state index in [0.717, 1.165) is 18.3 Å². The minimum atomic E-state index is -0.580. The van der Waals surface area contributed by atoms with Crippen LogP contribution in [0.1, 0.15) is 32.8 Å². The van der Waals surface area contributed by atoms with Gasteiger partial charge in [-0.15, -0.1) is 12.4 Å². The summed E-state index contributed by atoms with van der Waals surface area (Å²) in [4.78, 5) is 10.6. The molecule has 2 N–H and O–H groups in total. The number of hydrogen-bond donors (Lipinski definition) is 2. The van der Waals surface area contributed by atoms with E-state index in [-0.39, 0.29) is 24.9 Å². The molecule has 0 spiro atoms. The Kier molecular flexibility index (Phi) is 11.5. The van der Waals surface area contributed by atoms with Gasteiger partial charge in [-0.3, -0.25) is 0 Å². The minimum absolute atomic E-state index is 0. The maximum atomic E-state index is 10.6. The zero-order valence-electron chi connectivity index (χ0n) is 15.0. The summed E-state index contributed by atoms with van der Waals surface area (Å²) in [5, 5.41) is 13.2. The molecule has 0 aliphatic rings. The lowest BCUT2D eigenvalue weighted by Crippen LogP contribution is -2.35. The Hall–Kier alpha value is -1.30. The zero-order valence-corrected chi connectivity index (χ0v) is 15.8. The summed E-state index contributed by atoms with van der Waals surface area (Å²) in [5.74, 6) is 1.66. The smallest absolute Gasteiger partial charge is 0.126 e. The van der Waals surface area contributed by atoms with Crippen LogP contribution >= 0.6 is 12.4 Å². The van der Waals surface area contributed by atoms with Crippen LogP contribution in [0, 0.1) is 5.92 Å². The second kappa shape index (κ2) is 12.1. The highest BCUT2D eigenvalue weighted by atomic mass is 35.5. The number of ether oxygens (including phenoxy) is 2. The highest BCUT2D eigenvalue weighted by Gasteiger charge is 2.12. The van der Waals surface area contributed by atoms with Crippen molar-refractivity contribution in [3.8, 4) is 11.5 Å². The van der Waals surface area contributed by atoms with E-state index in [9.17, 15) is 9.90 Å². The number of rotatable bonds is 11. The Balaban J connectivity index is 0.00000529. The van der Waals surface area contributed by atoms with Crippen molar-refractivity contribution in [3.63, 3.8) is 0 Å². The Morgan fingerprint density at radius 3 is 2.58 bits per heavy atom. The summed E-state index contributed by atoms with van der Waals surface area (Å²) in [5.41, 5.74) is 1.02. The highest BCUT2D eigenvalue weighted by molar-refractivity contribution is 5.85. The van der Waals surface area contributed by atoms with Gasteiger partial charge in [0, 0.05) is 25.1 Å². The molecule has 24 heavy (non-hydrogen) atoms. The molecule has 138 valence electrons. The molecule has 1 aromatic rings. The van der Waals surface area contributed by atoms with Crippen molar-refractivity contribution in [2.24, 2.45) is 5.92 Å². The van der Waals surface area contributed by atoms with Crippen molar-refractivity contribution in [2.45, 2.75) is 45.8 Å². The van der Waals surface area contributed by atoms with E-state index in [4.69, 9.17) is 9.47 Å². The standard InChI is InChI=1S/C18H29NO4.ClH/c1-13(2)19-11-16(21)12-23-18-10-17(22-4)6-5-15(18)9-14(3)7-8-20;/h5-6,8,10,13-14,16,19,21H,7,9,11-12H2,1-4H3;1H/t14-,16?;/m1./s1. The van der Waals surface area contributed by atoms with Crippen LogP contribution in [0.15, 0.2) is 18.2 Å². The lowest BCUT2D eigenvalue weighted by atomic mass is 9.98. The number of nitrogens with one attached hydrogen (secondary N) is 1. The van der Waals surface area contributed by atoms with Crippen LogP contribution in [0.5, 0.6) is 11.5 Å². The summed E-state index contributed by atoms with van der Waals surface area (Å²) < 4.78 is 11.0. The number of hydrogen-bond acceptors (Lipinski definition) is 5. The summed E-state index contributed by atoms with van der Waals surface area (Å²) in [6, 6.07) is 5.98. The Morgan fingerprint density at radius 2 is 2.00 bits per heavy atom. The van der Waals surface area contributed by atoms with Gasteiger partial charge in [0.1, 0.15) is 30.5 Å². The van der Waals surface area contributed by atoms with Gasteiger partial charge in [-0.1, -0.05) is 26.8 Å². The van der Waals surface area contributed by atoms with Crippen LogP contribution in [-0.2, 0) is 11.2 Å². The number of aldehydes is 1. The van der Waals surface area contributed by atoms with Crippen LogP contribution in [0.25, 0.3) is 0 Å². The van der Waals surface area contributed by atoms with E-state index in [1.54, 1.807) is 7.11 Å². The van der Waals surface area contributed by atoms with Crippen LogP contribution in [0.3, 0.4) is 0 Å². The number of halogens is 1. The van der Waals surface area contributed by atoms with Crippen molar-refractivity contribution in [2.75, 3.05) is 20.3 Å². The monoisotopic (exact) mass is 359 g/mol. The molecule has 6 heteroatoms. The third kappa shape index (κ3) is 8.52. The Bertz CT molecular complexity index is 482. The molecule has 0 aromatic heterocycles. The average molecular weight is 360 g/mol. The molecule has 0 saturated carbocycles. The summed E-state index contributed by atoms with van der Waals surface area (Å²) >= 11 is 0. The van der Waals surface area contributed by atoms with Crippen LogP contribution < -0.4 is 14.8 Å². The van der Waals surface area contributed by atoms with E-state index in [0.29, 0.717) is 30.5 Å². The fourth-order valence-electron chi connectivity index (χ4n) is 2.20. The van der Waals surface area contributed by atoms with Gasteiger partial charge in [-0.05, 0) is 24.0 Å². The highest BCUT2D eigenvalue weighted by Crippen LogP contribution is 2.27. The predicted octanol–water partition coefficient (Wildman–Crippen LogP) is 2.62. The number of benzene rings is 1. The van der Waals surface area contributed by atoms with Gasteiger partial charge in [-0.25, -0.2) is 0 Å². The fraction of sp³-hybridized carbons (Fsp3) is 0.611. The average Bonchev–Trinajstić information content (AvgIpc) is 2.52. The van der Waals surface area contributed by atoms with Crippen LogP contribution in [0.2, 0.25) is 0 Å². The van der Waals surface area contributed by atoms with E-state index in [2.05, 4.69) is 5.32 Å². The molecule has 1 rings (SSSR count). The molecule has 0 heterocycles. The molecule has 2 atom stereocenters. The zero-order chi connectivity index (χ0) is 17.2. The van der Waals surface area contributed by atoms with E-state index >= 15 is 0 Å². The van der Waals surface area contributed by atoms with Gasteiger partial charge in [0.25, 0.3) is 0 Å². The van der Waals surface area contributed by atoms with E-state index in [1.165, 1.54) is 0 Å². The molecular formula is C18H30ClNO4. The summed E-state index contributed by atoms with van der Waals surface area (Å²) in [6.45, 7) is 6.79. The van der Waals surface area contributed by atoms with Gasteiger partial charge in [0.15, 0.2) is 0 Å². The van der Waals surface area contributed by atoms with Gasteiger partial charge in [-0.2, -0.15) is 0 Å². The Morgan fingerprint density at radius 1 is 1.29 bits per heavy atom. The largest absolute Gasteiger partial charge is 0.497 e. The van der Waals surface area contributed by atoms with Crippen LogP contribution in [-0.4, -0.2) is 43.8 Å². The number of carbonyl (C=O) groups excluding carboxylic acids is 1. The second-order valence-electron chi connectivity index (χ2n) is 6.21. The molecule has 0 bridgehead atoms. The molecule has 0 aliphatic carbocycles. The molecule has 5 nitrogen and oxygen atoms in total. The molecule has 0 radical (unpaired) electrons. The lowest BCUT2D eigenvalue weighted by molar-refractivity contribution is -0.108. The first-order valence-electron chi connectivity index (χ1n) is 8.11. The van der Waals surface area contributed by atoms with E-state index < -0.39 is 6.10 Å². The first-order valence-corrected chi connectivity index (χ1v) is 8.11. The fourth-order valence-corrected chi connectivity index (χ4v) is 2.20. The SMILES string of the molecule is COc1ccc(C[C@H](C)CC=O)c(OCC(O)CNC(C)C)c1.Cl. The van der Waals surface area contributed by atoms with Crippen molar-refractivity contribution >= 4 is 18.7 Å². The Labute approximate surface area is 151 Å². The number of aliphatic hydroxyl groups excluding tert-OH is 1. The predicted molar refractivity (Wildman–Crippen MR) is 98.4 cm³/mol. The molecule has 0 saturated heterocycles. The van der Waals surface area contributed by atoms with Gasteiger partial charge >= 0.3 is 0 Å². The maximum absolute atomic E-state index is 10.6. The molecule has 1 aromatic carbocycles. The van der Waals surface area contributed by atoms with Crippen LogP contribution in [0.4, 0.5) is 0 Å². The number of methoxy groups -OCH3 is 1.